The van der Waals surface area contributed by atoms with Crippen LogP contribution in [0.15, 0.2) is 6.07 Å². The number of hydrogen-bond acceptors (Lipinski definition) is 5. The Labute approximate surface area is 144 Å². The molecule has 0 unspecified atom stereocenters. The van der Waals surface area contributed by atoms with E-state index in [9.17, 15) is 8.42 Å². The molecule has 0 bridgehead atoms. The van der Waals surface area contributed by atoms with E-state index in [1.54, 1.807) is 0 Å². The summed E-state index contributed by atoms with van der Waals surface area (Å²) in [6, 6.07) is 2.01. The summed E-state index contributed by atoms with van der Waals surface area (Å²) in [6.07, 6.45) is 3.40. The molecule has 3 heterocycles. The monoisotopic (exact) mass is 356 g/mol. The van der Waals surface area contributed by atoms with Gasteiger partial charge in [-0.15, -0.1) is 0 Å². The van der Waals surface area contributed by atoms with Crippen LogP contribution < -0.4 is 4.72 Å². The minimum atomic E-state index is -3.19. The zero-order chi connectivity index (χ0) is 17.4. The number of sulfonamides is 1. The highest BCUT2D eigenvalue weighted by atomic mass is 32.2. The first-order valence-corrected chi connectivity index (χ1v) is 10.5. The van der Waals surface area contributed by atoms with Gasteiger partial charge in [0.15, 0.2) is 0 Å². The van der Waals surface area contributed by atoms with Crippen LogP contribution in [0.1, 0.15) is 38.1 Å². The molecule has 1 N–H and O–H groups in total. The van der Waals surface area contributed by atoms with Crippen LogP contribution in [-0.2, 0) is 34.4 Å². The third kappa shape index (κ3) is 4.78. The van der Waals surface area contributed by atoms with Crippen LogP contribution in [-0.4, -0.2) is 54.7 Å². The van der Waals surface area contributed by atoms with Crippen molar-refractivity contribution in [2.24, 2.45) is 5.92 Å². The first kappa shape index (κ1) is 17.8. The summed E-state index contributed by atoms with van der Waals surface area (Å²) in [7, 11) is -3.19. The molecule has 3 rings (SSSR count). The summed E-state index contributed by atoms with van der Waals surface area (Å²) in [5.74, 6) is 0.676. The summed E-state index contributed by atoms with van der Waals surface area (Å²) in [5, 5.41) is 4.50. The van der Waals surface area contributed by atoms with Crippen molar-refractivity contribution in [1.82, 2.24) is 19.4 Å². The summed E-state index contributed by atoms with van der Waals surface area (Å²) in [5.41, 5.74) is 1.94. The number of hydrogen-bond donors (Lipinski definition) is 1. The number of nitrogens with one attached hydrogen (secondary N) is 1. The number of nitrogens with zero attached hydrogens (tertiary/aromatic N) is 3. The molecule has 0 aliphatic carbocycles. The molecule has 2 aliphatic heterocycles. The van der Waals surface area contributed by atoms with Crippen molar-refractivity contribution in [3.8, 4) is 0 Å². The molecule has 136 valence electrons. The van der Waals surface area contributed by atoms with Crippen molar-refractivity contribution in [3.63, 3.8) is 0 Å². The average Bonchev–Trinajstić information content (AvgIpc) is 2.85. The van der Waals surface area contributed by atoms with Gasteiger partial charge in [0.1, 0.15) is 0 Å². The maximum atomic E-state index is 11.2. The second-order valence-electron chi connectivity index (χ2n) is 7.65. The fraction of sp³-hybridized carbons (Fsp3) is 0.812. The maximum Gasteiger partial charge on any atom is 0.209 e. The van der Waals surface area contributed by atoms with Crippen molar-refractivity contribution in [1.29, 1.82) is 0 Å². The van der Waals surface area contributed by atoms with Gasteiger partial charge in [0.2, 0.25) is 10.0 Å². The van der Waals surface area contributed by atoms with Gasteiger partial charge in [0.05, 0.1) is 36.3 Å². The van der Waals surface area contributed by atoms with E-state index in [2.05, 4.69) is 28.6 Å². The first-order valence-electron chi connectivity index (χ1n) is 8.57. The molecule has 1 aromatic rings. The Morgan fingerprint density at radius 2 is 2.21 bits per heavy atom. The Balaban J connectivity index is 1.57. The molecule has 2 aliphatic rings. The summed E-state index contributed by atoms with van der Waals surface area (Å²) in [6.45, 7) is 9.28. The predicted molar refractivity (Wildman–Crippen MR) is 91.9 cm³/mol. The summed E-state index contributed by atoms with van der Waals surface area (Å²) in [4.78, 5) is 2.48. The van der Waals surface area contributed by atoms with Crippen molar-refractivity contribution in [2.45, 2.75) is 51.9 Å². The van der Waals surface area contributed by atoms with E-state index in [0.29, 0.717) is 5.92 Å². The van der Waals surface area contributed by atoms with Crippen LogP contribution in [0, 0.1) is 5.92 Å². The van der Waals surface area contributed by atoms with E-state index >= 15 is 0 Å². The average molecular weight is 356 g/mol. The van der Waals surface area contributed by atoms with Gasteiger partial charge in [-0.05, 0) is 38.7 Å². The molecule has 0 amide bonds. The molecule has 0 radical (unpaired) electrons. The van der Waals surface area contributed by atoms with Crippen molar-refractivity contribution in [3.05, 3.63) is 17.5 Å². The van der Waals surface area contributed by atoms with Crippen LogP contribution >= 0.6 is 0 Å². The zero-order valence-electron chi connectivity index (χ0n) is 14.8. The van der Waals surface area contributed by atoms with Gasteiger partial charge >= 0.3 is 0 Å². The van der Waals surface area contributed by atoms with Crippen LogP contribution in [0.2, 0.25) is 0 Å². The van der Waals surface area contributed by atoms with Crippen molar-refractivity contribution in [2.75, 3.05) is 26.0 Å². The number of aromatic nitrogens is 2. The second-order valence-corrected chi connectivity index (χ2v) is 9.48. The molecule has 0 saturated carbocycles. The molecular formula is C16H28N4O3S. The van der Waals surface area contributed by atoms with Crippen LogP contribution in [0.25, 0.3) is 0 Å². The molecule has 1 aromatic heterocycles. The zero-order valence-corrected chi connectivity index (χ0v) is 15.6. The number of rotatable bonds is 5. The minimum Gasteiger partial charge on any atom is -0.376 e. The van der Waals surface area contributed by atoms with Crippen LogP contribution in [0.5, 0.6) is 0 Å². The molecule has 7 nitrogen and oxygen atoms in total. The second kappa shape index (κ2) is 6.74. The fourth-order valence-electron chi connectivity index (χ4n) is 3.71. The molecule has 1 atom stereocenters. The van der Waals surface area contributed by atoms with Crippen molar-refractivity contribution >= 4 is 10.0 Å². The highest BCUT2D eigenvalue weighted by Crippen LogP contribution is 2.29. The lowest BCUT2D eigenvalue weighted by molar-refractivity contribution is -0.0777. The summed E-state index contributed by atoms with van der Waals surface area (Å²) < 4.78 is 32.7. The topological polar surface area (TPSA) is 76.5 Å². The quantitative estimate of drug-likeness (QED) is 0.850. The van der Waals surface area contributed by atoms with Crippen LogP contribution in [0.3, 0.4) is 0 Å². The fourth-order valence-corrected chi connectivity index (χ4v) is 4.12. The van der Waals surface area contributed by atoms with E-state index in [-0.39, 0.29) is 12.1 Å². The van der Waals surface area contributed by atoms with E-state index in [0.717, 1.165) is 57.0 Å². The van der Waals surface area contributed by atoms with Gasteiger partial charge in [0, 0.05) is 26.2 Å². The molecule has 0 spiro atoms. The van der Waals surface area contributed by atoms with Gasteiger partial charge in [-0.2, -0.15) is 5.10 Å². The highest BCUT2D eigenvalue weighted by Gasteiger charge is 2.30. The number of ether oxygens (including phenoxy) is 1. The molecular weight excluding hydrogens is 328 g/mol. The lowest BCUT2D eigenvalue weighted by Crippen LogP contribution is -2.42. The van der Waals surface area contributed by atoms with E-state index in [1.807, 2.05) is 10.7 Å². The molecule has 1 fully saturated rings. The lowest BCUT2D eigenvalue weighted by atomic mass is 9.88. The predicted octanol–water partition coefficient (Wildman–Crippen LogP) is 0.953. The molecule has 8 heteroatoms. The minimum absolute atomic E-state index is 0.00897. The van der Waals surface area contributed by atoms with Crippen LogP contribution in [0.4, 0.5) is 0 Å². The third-order valence-corrected chi connectivity index (χ3v) is 5.43. The standard InChI is InChI=1S/C16H28N4O3S/c1-16(2)9-13(4-7-23-16)11-19-5-6-20-15(12-19)8-14(18-20)10-17-24(3,21)22/h8,13,17H,4-7,9-12H2,1-3H3/t13-/m1/s1. The smallest absolute Gasteiger partial charge is 0.209 e. The Bertz CT molecular complexity index is 683. The maximum absolute atomic E-state index is 11.2. The normalized spacial score (nSPS) is 24.7. The Morgan fingerprint density at radius 3 is 2.92 bits per heavy atom. The van der Waals surface area contributed by atoms with Gasteiger partial charge in [-0.3, -0.25) is 9.58 Å². The SMILES string of the molecule is CC1(C)C[C@H](CN2CCn3nc(CNS(C)(=O)=O)cc3C2)CCO1. The first-order chi connectivity index (χ1) is 11.2. The highest BCUT2D eigenvalue weighted by molar-refractivity contribution is 7.88. The van der Waals surface area contributed by atoms with Crippen molar-refractivity contribution < 1.29 is 13.2 Å². The van der Waals surface area contributed by atoms with E-state index in [1.165, 1.54) is 6.26 Å². The van der Waals surface area contributed by atoms with Gasteiger partial charge in [0.25, 0.3) is 0 Å². The lowest BCUT2D eigenvalue weighted by Gasteiger charge is -2.38. The van der Waals surface area contributed by atoms with E-state index in [4.69, 9.17) is 4.74 Å². The molecule has 24 heavy (non-hydrogen) atoms. The largest absolute Gasteiger partial charge is 0.376 e. The number of fused-ring (bicyclic) bond motifs is 1. The summed E-state index contributed by atoms with van der Waals surface area (Å²) >= 11 is 0. The van der Waals surface area contributed by atoms with E-state index < -0.39 is 10.0 Å². The van der Waals surface area contributed by atoms with Gasteiger partial charge < -0.3 is 4.74 Å². The van der Waals surface area contributed by atoms with Gasteiger partial charge in [-0.1, -0.05) is 0 Å². The molecule has 0 aromatic carbocycles. The Kier molecular flexibility index (Phi) is 5.01. The third-order valence-electron chi connectivity index (χ3n) is 4.76. The molecule has 1 saturated heterocycles. The Hall–Kier alpha value is -0.960. The Morgan fingerprint density at radius 1 is 1.42 bits per heavy atom. The van der Waals surface area contributed by atoms with Gasteiger partial charge in [-0.25, -0.2) is 13.1 Å².